The molecule has 2 amide bonds. The summed E-state index contributed by atoms with van der Waals surface area (Å²) in [6, 6.07) is -2.54. The van der Waals surface area contributed by atoms with E-state index in [0.29, 0.717) is 0 Å². The van der Waals surface area contributed by atoms with Crippen LogP contribution in [0.4, 0.5) is 0 Å². The Balaban J connectivity index is 4.84. The van der Waals surface area contributed by atoms with Gasteiger partial charge in [-0.15, -0.1) is 0 Å². The van der Waals surface area contributed by atoms with Gasteiger partial charge in [0.05, 0.1) is 13.0 Å². The van der Waals surface area contributed by atoms with Crippen molar-refractivity contribution in [2.45, 2.75) is 32.4 Å². The molecule has 9 heteroatoms. The highest BCUT2D eigenvalue weighted by atomic mass is 16.4. The van der Waals surface area contributed by atoms with Gasteiger partial charge in [0.25, 0.3) is 0 Å². The van der Waals surface area contributed by atoms with Gasteiger partial charge in [-0.05, 0) is 5.92 Å². The number of nitrogens with two attached hydrogens (primary N) is 1. The molecule has 0 saturated carbocycles. The van der Waals surface area contributed by atoms with Crippen LogP contribution in [0.5, 0.6) is 0 Å². The predicted molar refractivity (Wildman–Crippen MR) is 67.6 cm³/mol. The van der Waals surface area contributed by atoms with Gasteiger partial charge in [-0.1, -0.05) is 13.8 Å². The minimum Gasteiger partial charge on any atom is -0.481 e. The number of aliphatic carboxylic acids is 2. The summed E-state index contributed by atoms with van der Waals surface area (Å²) in [6.07, 6.45) is -0.753. The fraction of sp³-hybridized carbons (Fsp3) is 0.636. The van der Waals surface area contributed by atoms with E-state index in [9.17, 15) is 19.2 Å². The first kappa shape index (κ1) is 17.8. The molecule has 0 aromatic heterocycles. The molecule has 0 aliphatic rings. The van der Waals surface area contributed by atoms with Gasteiger partial charge in [0.15, 0.2) is 0 Å². The molecule has 9 nitrogen and oxygen atoms in total. The van der Waals surface area contributed by atoms with Crippen molar-refractivity contribution < 1.29 is 29.4 Å². The standard InChI is InChI=1S/C11H19N3O6/c1-5(2)9(14-7(15)4-12)10(18)13-6(11(19)20)3-8(16)17/h5-6,9H,3-4,12H2,1-2H3,(H,13,18)(H,14,15)(H,16,17)(H,19,20)/t6-,9-/m0/s1. The largest absolute Gasteiger partial charge is 0.481 e. The molecule has 0 radical (unpaired) electrons. The highest BCUT2D eigenvalue weighted by Gasteiger charge is 2.29. The molecule has 0 heterocycles. The van der Waals surface area contributed by atoms with E-state index in [1.54, 1.807) is 13.8 Å². The number of hydrogen-bond donors (Lipinski definition) is 5. The van der Waals surface area contributed by atoms with E-state index in [0.717, 1.165) is 0 Å². The van der Waals surface area contributed by atoms with Gasteiger partial charge in [0.1, 0.15) is 12.1 Å². The Morgan fingerprint density at radius 3 is 2.00 bits per heavy atom. The summed E-state index contributed by atoms with van der Waals surface area (Å²) >= 11 is 0. The van der Waals surface area contributed by atoms with Crippen LogP contribution in [0, 0.1) is 5.92 Å². The van der Waals surface area contributed by atoms with Gasteiger partial charge in [-0.2, -0.15) is 0 Å². The first-order valence-electron chi connectivity index (χ1n) is 5.93. The summed E-state index contributed by atoms with van der Waals surface area (Å²) in [5, 5.41) is 21.8. The number of rotatable bonds is 8. The third-order valence-electron chi connectivity index (χ3n) is 2.44. The van der Waals surface area contributed by atoms with Crippen LogP contribution in [0.3, 0.4) is 0 Å². The average molecular weight is 289 g/mol. The van der Waals surface area contributed by atoms with Crippen molar-refractivity contribution in [2.75, 3.05) is 6.54 Å². The van der Waals surface area contributed by atoms with Crippen LogP contribution in [-0.2, 0) is 19.2 Å². The van der Waals surface area contributed by atoms with Crippen molar-refractivity contribution in [3.8, 4) is 0 Å². The number of carbonyl (C=O) groups is 4. The fourth-order valence-corrected chi connectivity index (χ4v) is 1.40. The molecule has 114 valence electrons. The summed E-state index contributed by atoms with van der Waals surface area (Å²) < 4.78 is 0. The lowest BCUT2D eigenvalue weighted by Crippen LogP contribution is -2.54. The van der Waals surface area contributed by atoms with Crippen LogP contribution in [0.25, 0.3) is 0 Å². The number of amides is 2. The van der Waals surface area contributed by atoms with Crippen molar-refractivity contribution >= 4 is 23.8 Å². The number of carboxylic acid groups (broad SMARTS) is 2. The Labute approximate surface area is 115 Å². The van der Waals surface area contributed by atoms with Gasteiger partial charge in [-0.3, -0.25) is 14.4 Å². The molecule has 0 fully saturated rings. The van der Waals surface area contributed by atoms with Gasteiger partial charge in [0, 0.05) is 0 Å². The zero-order valence-corrected chi connectivity index (χ0v) is 11.3. The Morgan fingerprint density at radius 1 is 1.10 bits per heavy atom. The molecular formula is C11H19N3O6. The lowest BCUT2D eigenvalue weighted by atomic mass is 10.0. The van der Waals surface area contributed by atoms with E-state index in [2.05, 4.69) is 10.6 Å². The number of nitrogens with one attached hydrogen (secondary N) is 2. The third kappa shape index (κ3) is 6.14. The van der Waals surface area contributed by atoms with Crippen molar-refractivity contribution in [3.63, 3.8) is 0 Å². The SMILES string of the molecule is CC(C)[C@H](NC(=O)CN)C(=O)N[C@@H](CC(=O)O)C(=O)O. The summed E-state index contributed by atoms with van der Waals surface area (Å²) in [4.78, 5) is 44.5. The lowest BCUT2D eigenvalue weighted by molar-refractivity contribution is -0.147. The molecule has 0 aromatic carbocycles. The Hall–Kier alpha value is -2.16. The maximum atomic E-state index is 11.9. The predicted octanol–water partition coefficient (Wildman–Crippen LogP) is -1.87. The van der Waals surface area contributed by atoms with E-state index in [4.69, 9.17) is 15.9 Å². The molecular weight excluding hydrogens is 270 g/mol. The summed E-state index contributed by atoms with van der Waals surface area (Å²) in [7, 11) is 0. The van der Waals surface area contributed by atoms with Crippen LogP contribution >= 0.6 is 0 Å². The zero-order valence-electron chi connectivity index (χ0n) is 11.3. The monoisotopic (exact) mass is 289 g/mol. The molecule has 0 aromatic rings. The van der Waals surface area contributed by atoms with Crippen LogP contribution in [-0.4, -0.2) is 52.6 Å². The van der Waals surface area contributed by atoms with Crippen molar-refractivity contribution in [2.24, 2.45) is 11.7 Å². The van der Waals surface area contributed by atoms with E-state index in [-0.39, 0.29) is 12.5 Å². The lowest BCUT2D eigenvalue weighted by Gasteiger charge is -2.23. The number of carbonyl (C=O) groups excluding carboxylic acids is 2. The molecule has 0 spiro atoms. The molecule has 0 bridgehead atoms. The van der Waals surface area contributed by atoms with Gasteiger partial charge in [0.2, 0.25) is 11.8 Å². The maximum Gasteiger partial charge on any atom is 0.326 e. The normalized spacial score (nSPS) is 13.4. The highest BCUT2D eigenvalue weighted by molar-refractivity contribution is 5.92. The molecule has 6 N–H and O–H groups in total. The molecule has 0 aliphatic carbocycles. The minimum absolute atomic E-state index is 0.312. The Morgan fingerprint density at radius 2 is 1.65 bits per heavy atom. The molecule has 0 aliphatic heterocycles. The van der Waals surface area contributed by atoms with Gasteiger partial charge < -0.3 is 26.6 Å². The Kier molecular flexibility index (Phi) is 7.22. The van der Waals surface area contributed by atoms with Crippen LogP contribution in [0.2, 0.25) is 0 Å². The quantitative estimate of drug-likeness (QED) is 0.350. The number of hydrogen-bond acceptors (Lipinski definition) is 5. The average Bonchev–Trinajstić information content (AvgIpc) is 2.33. The van der Waals surface area contributed by atoms with Crippen LogP contribution in [0.15, 0.2) is 0 Å². The van der Waals surface area contributed by atoms with Crippen molar-refractivity contribution in [3.05, 3.63) is 0 Å². The van der Waals surface area contributed by atoms with Gasteiger partial charge >= 0.3 is 11.9 Å². The summed E-state index contributed by atoms with van der Waals surface area (Å²) in [5.74, 6) is -4.47. The second-order valence-electron chi connectivity index (χ2n) is 4.49. The first-order valence-corrected chi connectivity index (χ1v) is 5.93. The van der Waals surface area contributed by atoms with E-state index >= 15 is 0 Å². The van der Waals surface area contributed by atoms with Crippen LogP contribution < -0.4 is 16.4 Å². The number of carboxylic acids is 2. The summed E-state index contributed by atoms with van der Waals surface area (Å²) in [5.41, 5.74) is 5.12. The van der Waals surface area contributed by atoms with E-state index in [1.807, 2.05) is 0 Å². The smallest absolute Gasteiger partial charge is 0.326 e. The fourth-order valence-electron chi connectivity index (χ4n) is 1.40. The molecule has 2 atom stereocenters. The molecule has 0 unspecified atom stereocenters. The molecule has 0 rings (SSSR count). The highest BCUT2D eigenvalue weighted by Crippen LogP contribution is 2.03. The zero-order chi connectivity index (χ0) is 15.9. The van der Waals surface area contributed by atoms with E-state index in [1.165, 1.54) is 0 Å². The third-order valence-corrected chi connectivity index (χ3v) is 2.44. The minimum atomic E-state index is -1.56. The second kappa shape index (κ2) is 8.10. The first-order chi connectivity index (χ1) is 9.18. The summed E-state index contributed by atoms with van der Waals surface area (Å²) in [6.45, 7) is 2.98. The van der Waals surface area contributed by atoms with Gasteiger partial charge in [-0.25, -0.2) is 4.79 Å². The van der Waals surface area contributed by atoms with Crippen molar-refractivity contribution in [1.29, 1.82) is 0 Å². The second-order valence-corrected chi connectivity index (χ2v) is 4.49. The molecule has 20 heavy (non-hydrogen) atoms. The topological polar surface area (TPSA) is 159 Å². The Bertz CT molecular complexity index is 396. The van der Waals surface area contributed by atoms with Crippen molar-refractivity contribution in [1.82, 2.24) is 10.6 Å². The van der Waals surface area contributed by atoms with E-state index < -0.39 is 42.3 Å². The van der Waals surface area contributed by atoms with Crippen LogP contribution in [0.1, 0.15) is 20.3 Å². The molecule has 0 saturated heterocycles. The maximum absolute atomic E-state index is 11.9.